The third-order valence-electron chi connectivity index (χ3n) is 3.44. The van der Waals surface area contributed by atoms with Crippen LogP contribution in [0.2, 0.25) is 0 Å². The lowest BCUT2D eigenvalue weighted by Crippen LogP contribution is -2.45. The maximum absolute atomic E-state index is 12.4. The number of hydrogen-bond acceptors (Lipinski definition) is 6. The Labute approximate surface area is 112 Å². The molecule has 0 unspecified atom stereocenters. The molecule has 6 nitrogen and oxygen atoms in total. The molecule has 1 spiro atoms. The van der Waals surface area contributed by atoms with Gasteiger partial charge >= 0.3 is 5.97 Å². The van der Waals surface area contributed by atoms with Gasteiger partial charge in [0, 0.05) is 11.1 Å². The second-order valence-corrected chi connectivity index (χ2v) is 4.55. The zero-order valence-corrected chi connectivity index (χ0v) is 10.3. The van der Waals surface area contributed by atoms with Crippen molar-refractivity contribution in [1.29, 1.82) is 0 Å². The predicted octanol–water partition coefficient (Wildman–Crippen LogP) is 0.762. The van der Waals surface area contributed by atoms with E-state index >= 15 is 0 Å². The van der Waals surface area contributed by atoms with Crippen molar-refractivity contribution in [3.8, 4) is 0 Å². The topological polar surface area (TPSA) is 97.7 Å². The second-order valence-electron chi connectivity index (χ2n) is 4.55. The van der Waals surface area contributed by atoms with Crippen molar-refractivity contribution in [2.45, 2.75) is 12.5 Å². The van der Waals surface area contributed by atoms with Crippen molar-refractivity contribution in [1.82, 2.24) is 0 Å². The lowest BCUT2D eigenvalue weighted by atomic mass is 9.86. The van der Waals surface area contributed by atoms with Crippen LogP contribution in [0.15, 0.2) is 35.6 Å². The monoisotopic (exact) mass is 272 g/mol. The van der Waals surface area contributed by atoms with Crippen molar-refractivity contribution in [3.63, 3.8) is 0 Å². The Balaban J connectivity index is 2.32. The van der Waals surface area contributed by atoms with Crippen LogP contribution in [0.5, 0.6) is 0 Å². The van der Waals surface area contributed by atoms with Gasteiger partial charge in [-0.2, -0.15) is 0 Å². The lowest BCUT2D eigenvalue weighted by Gasteiger charge is -2.20. The number of ether oxygens (including phenoxy) is 1. The van der Waals surface area contributed by atoms with Crippen LogP contribution >= 0.6 is 0 Å². The highest BCUT2D eigenvalue weighted by Gasteiger charge is 2.65. The van der Waals surface area contributed by atoms with Crippen molar-refractivity contribution >= 4 is 23.3 Å². The van der Waals surface area contributed by atoms with Gasteiger partial charge in [0.15, 0.2) is 5.78 Å². The van der Waals surface area contributed by atoms with Crippen LogP contribution < -0.4 is 0 Å². The number of hydrogen-bond donors (Lipinski definition) is 1. The van der Waals surface area contributed by atoms with Crippen molar-refractivity contribution < 1.29 is 29.0 Å². The quantitative estimate of drug-likeness (QED) is 0.598. The smallest absolute Gasteiger partial charge is 0.375 e. The fourth-order valence-corrected chi connectivity index (χ4v) is 2.60. The molecule has 0 aromatic heterocycles. The Morgan fingerprint density at radius 2 is 1.60 bits per heavy atom. The molecule has 100 valence electrons. The molecule has 1 aromatic rings. The number of aliphatic hydroxyl groups is 1. The summed E-state index contributed by atoms with van der Waals surface area (Å²) in [5, 5.41) is 9.65. The molecule has 1 aliphatic carbocycles. The van der Waals surface area contributed by atoms with Crippen LogP contribution in [0.25, 0.3) is 0 Å². The number of rotatable bonds is 1. The largest absolute Gasteiger partial charge is 0.501 e. The number of Topliss-reactive ketones (excluding diaryl/α,β-unsaturated/α-hetero) is 3. The molecule has 3 rings (SSSR count). The fraction of sp³-hybridized carbons (Fsp3) is 0.143. The molecule has 0 saturated heterocycles. The summed E-state index contributed by atoms with van der Waals surface area (Å²) in [5.74, 6) is -4.60. The molecule has 0 radical (unpaired) electrons. The third kappa shape index (κ3) is 1.18. The summed E-state index contributed by atoms with van der Waals surface area (Å²) in [4.78, 5) is 48.0. The van der Waals surface area contributed by atoms with E-state index in [1.165, 1.54) is 12.1 Å². The van der Waals surface area contributed by atoms with E-state index in [2.05, 4.69) is 0 Å². The molecule has 2 aliphatic rings. The average Bonchev–Trinajstić information content (AvgIpc) is 2.80. The first-order valence-electron chi connectivity index (χ1n) is 5.78. The van der Waals surface area contributed by atoms with Crippen LogP contribution in [-0.2, 0) is 14.3 Å². The predicted molar refractivity (Wildman–Crippen MR) is 64.3 cm³/mol. The zero-order valence-electron chi connectivity index (χ0n) is 10.3. The first kappa shape index (κ1) is 12.3. The first-order chi connectivity index (χ1) is 9.41. The van der Waals surface area contributed by atoms with Gasteiger partial charge in [0.1, 0.15) is 5.57 Å². The number of carbonyl (C=O) groups is 4. The molecule has 0 saturated carbocycles. The average molecular weight is 272 g/mol. The van der Waals surface area contributed by atoms with Crippen molar-refractivity contribution in [3.05, 3.63) is 46.7 Å². The molecule has 0 atom stereocenters. The highest BCUT2D eigenvalue weighted by atomic mass is 16.6. The van der Waals surface area contributed by atoms with E-state index in [1.54, 1.807) is 12.1 Å². The van der Waals surface area contributed by atoms with E-state index in [9.17, 15) is 24.3 Å². The minimum Gasteiger partial charge on any atom is -0.501 e. The summed E-state index contributed by atoms with van der Waals surface area (Å²) >= 11 is 0. The number of carbonyl (C=O) groups excluding carboxylic acids is 4. The molecule has 20 heavy (non-hydrogen) atoms. The number of esters is 1. The van der Waals surface area contributed by atoms with Crippen LogP contribution in [0, 0.1) is 0 Å². The van der Waals surface area contributed by atoms with E-state index in [-0.39, 0.29) is 11.1 Å². The summed E-state index contributed by atoms with van der Waals surface area (Å²) in [6.07, 6.45) is 0. The van der Waals surface area contributed by atoms with Gasteiger partial charge in [0.25, 0.3) is 5.60 Å². The number of ketones is 3. The van der Waals surface area contributed by atoms with E-state index in [4.69, 9.17) is 4.74 Å². The SMILES string of the molecule is CC(=O)C1=C(O)C(=O)OC12C(=O)c1ccccc1C2=O. The molecule has 1 heterocycles. The zero-order chi connectivity index (χ0) is 14.7. The van der Waals surface area contributed by atoms with Gasteiger partial charge in [-0.25, -0.2) is 4.79 Å². The Kier molecular flexibility index (Phi) is 2.23. The Morgan fingerprint density at radius 1 is 1.10 bits per heavy atom. The van der Waals surface area contributed by atoms with Gasteiger partial charge in [-0.05, 0) is 6.92 Å². The lowest BCUT2D eigenvalue weighted by molar-refractivity contribution is -0.143. The molecular weight excluding hydrogens is 264 g/mol. The normalized spacial score (nSPS) is 19.6. The molecule has 0 amide bonds. The molecule has 1 aromatic carbocycles. The molecule has 0 fully saturated rings. The Bertz CT molecular complexity index is 705. The summed E-state index contributed by atoms with van der Waals surface area (Å²) in [5.41, 5.74) is -2.80. The molecule has 1 N–H and O–H groups in total. The molecule has 0 bridgehead atoms. The summed E-state index contributed by atoms with van der Waals surface area (Å²) in [7, 11) is 0. The van der Waals surface area contributed by atoms with Gasteiger partial charge in [0.05, 0.1) is 0 Å². The molecule has 1 aliphatic heterocycles. The molecule has 6 heteroatoms. The minimum atomic E-state index is -2.35. The maximum Gasteiger partial charge on any atom is 0.375 e. The Hall–Kier alpha value is -2.76. The highest BCUT2D eigenvalue weighted by molar-refractivity contribution is 6.39. The summed E-state index contributed by atoms with van der Waals surface area (Å²) in [6.45, 7) is 1.05. The third-order valence-corrected chi connectivity index (χ3v) is 3.44. The van der Waals surface area contributed by atoms with E-state index < -0.39 is 40.3 Å². The maximum atomic E-state index is 12.4. The van der Waals surface area contributed by atoms with E-state index in [0.717, 1.165) is 6.92 Å². The van der Waals surface area contributed by atoms with Gasteiger partial charge in [-0.15, -0.1) is 0 Å². The van der Waals surface area contributed by atoms with E-state index in [0.29, 0.717) is 0 Å². The number of benzene rings is 1. The van der Waals surface area contributed by atoms with Crippen LogP contribution in [-0.4, -0.2) is 34.0 Å². The van der Waals surface area contributed by atoms with Crippen molar-refractivity contribution in [2.75, 3.05) is 0 Å². The number of fused-ring (bicyclic) bond motifs is 1. The van der Waals surface area contributed by atoms with Crippen LogP contribution in [0.3, 0.4) is 0 Å². The van der Waals surface area contributed by atoms with E-state index in [1.807, 2.05) is 0 Å². The van der Waals surface area contributed by atoms with Gasteiger partial charge in [0.2, 0.25) is 17.3 Å². The fourth-order valence-electron chi connectivity index (χ4n) is 2.60. The van der Waals surface area contributed by atoms with Gasteiger partial charge in [-0.3, -0.25) is 14.4 Å². The van der Waals surface area contributed by atoms with Gasteiger partial charge < -0.3 is 9.84 Å². The minimum absolute atomic E-state index is 0.0683. The summed E-state index contributed by atoms with van der Waals surface area (Å²) in [6, 6.07) is 5.92. The second kappa shape index (κ2) is 3.63. The van der Waals surface area contributed by atoms with Crippen molar-refractivity contribution in [2.24, 2.45) is 0 Å². The molecular formula is C14H8O6. The standard InChI is InChI=1S/C14H8O6/c1-6(15)9-10(16)13(19)20-14(9)11(17)7-4-2-3-5-8(7)12(14)18/h2-5,16H,1H3. The highest BCUT2D eigenvalue weighted by Crippen LogP contribution is 2.43. The van der Waals surface area contributed by atoms with Gasteiger partial charge in [-0.1, -0.05) is 24.3 Å². The Morgan fingerprint density at radius 3 is 2.05 bits per heavy atom. The van der Waals surface area contributed by atoms with Crippen LogP contribution in [0.1, 0.15) is 27.6 Å². The summed E-state index contributed by atoms with van der Waals surface area (Å²) < 4.78 is 4.82. The van der Waals surface area contributed by atoms with Crippen LogP contribution in [0.4, 0.5) is 0 Å². The first-order valence-corrected chi connectivity index (χ1v) is 5.78. The number of aliphatic hydroxyl groups excluding tert-OH is 1.